The molecule has 22 heavy (non-hydrogen) atoms. The molecule has 0 aliphatic carbocycles. The minimum absolute atomic E-state index is 0.00113. The number of rotatable bonds is 5. The SMILES string of the molecule is COc1cc(-c2cc(C(=O)O)no2)c(S(C)(=O)=O)cc1OC. The molecule has 1 heterocycles. The maximum atomic E-state index is 12.0. The average Bonchev–Trinajstić information content (AvgIpc) is 2.94. The number of aromatic carboxylic acids is 1. The van der Waals surface area contributed by atoms with Gasteiger partial charge >= 0.3 is 5.97 Å². The molecule has 0 aliphatic rings. The predicted octanol–water partition coefficient (Wildman–Crippen LogP) is 1.46. The first kappa shape index (κ1) is 15.8. The van der Waals surface area contributed by atoms with Crippen molar-refractivity contribution in [3.8, 4) is 22.8 Å². The van der Waals surface area contributed by atoms with E-state index in [0.29, 0.717) is 0 Å². The second-order valence-corrected chi connectivity index (χ2v) is 6.34. The van der Waals surface area contributed by atoms with Gasteiger partial charge in [0.2, 0.25) is 0 Å². The summed E-state index contributed by atoms with van der Waals surface area (Å²) in [5.74, 6) is -0.780. The van der Waals surface area contributed by atoms with Gasteiger partial charge in [-0.05, 0) is 6.07 Å². The molecule has 8 nitrogen and oxygen atoms in total. The summed E-state index contributed by atoms with van der Waals surface area (Å²) in [5.41, 5.74) is -0.190. The number of benzene rings is 1. The summed E-state index contributed by atoms with van der Waals surface area (Å²) >= 11 is 0. The number of hydrogen-bond donors (Lipinski definition) is 1. The van der Waals surface area contributed by atoms with Crippen LogP contribution in [0.15, 0.2) is 27.6 Å². The molecule has 1 aromatic heterocycles. The van der Waals surface area contributed by atoms with Crippen LogP contribution in [0.4, 0.5) is 0 Å². The number of nitrogens with zero attached hydrogens (tertiary/aromatic N) is 1. The van der Waals surface area contributed by atoms with E-state index in [1.807, 2.05) is 0 Å². The van der Waals surface area contributed by atoms with Crippen LogP contribution in [0.25, 0.3) is 11.3 Å². The second-order valence-electron chi connectivity index (χ2n) is 4.36. The Balaban J connectivity index is 2.74. The number of methoxy groups -OCH3 is 2. The molecular weight excluding hydrogens is 314 g/mol. The molecule has 2 rings (SSSR count). The summed E-state index contributed by atoms with van der Waals surface area (Å²) in [6.07, 6.45) is 1.02. The van der Waals surface area contributed by atoms with Gasteiger partial charge in [0.1, 0.15) is 0 Å². The van der Waals surface area contributed by atoms with Crippen molar-refractivity contribution < 1.29 is 32.3 Å². The Bertz CT molecular complexity index is 823. The number of aromatic nitrogens is 1. The first-order valence-corrected chi connectivity index (χ1v) is 7.83. The molecule has 0 bridgehead atoms. The number of hydrogen-bond acceptors (Lipinski definition) is 7. The summed E-state index contributed by atoms with van der Waals surface area (Å²) in [6, 6.07) is 3.81. The van der Waals surface area contributed by atoms with Gasteiger partial charge in [-0.15, -0.1) is 0 Å². The van der Waals surface area contributed by atoms with Crippen LogP contribution >= 0.6 is 0 Å². The molecule has 9 heteroatoms. The molecule has 118 valence electrons. The van der Waals surface area contributed by atoms with Crippen molar-refractivity contribution in [2.75, 3.05) is 20.5 Å². The monoisotopic (exact) mass is 327 g/mol. The van der Waals surface area contributed by atoms with E-state index in [0.717, 1.165) is 12.3 Å². The Morgan fingerprint density at radius 1 is 1.18 bits per heavy atom. The summed E-state index contributed by atoms with van der Waals surface area (Å²) in [7, 11) is -0.852. The third kappa shape index (κ3) is 2.89. The molecule has 0 saturated heterocycles. The zero-order chi connectivity index (χ0) is 16.5. The fourth-order valence-electron chi connectivity index (χ4n) is 1.86. The summed E-state index contributed by atoms with van der Waals surface area (Å²) < 4.78 is 39.0. The van der Waals surface area contributed by atoms with E-state index in [1.165, 1.54) is 26.4 Å². The quantitative estimate of drug-likeness (QED) is 0.877. The van der Waals surface area contributed by atoms with E-state index >= 15 is 0 Å². The van der Waals surface area contributed by atoms with Crippen LogP contribution in [0, 0.1) is 0 Å². The smallest absolute Gasteiger partial charge is 0.358 e. The topological polar surface area (TPSA) is 116 Å². The largest absolute Gasteiger partial charge is 0.493 e. The molecule has 1 aromatic carbocycles. The van der Waals surface area contributed by atoms with Gasteiger partial charge in [-0.3, -0.25) is 0 Å². The average molecular weight is 327 g/mol. The van der Waals surface area contributed by atoms with Gasteiger partial charge < -0.3 is 19.1 Å². The summed E-state index contributed by atoms with van der Waals surface area (Å²) in [5, 5.41) is 12.2. The molecule has 1 N–H and O–H groups in total. The van der Waals surface area contributed by atoms with Gasteiger partial charge in [0.05, 0.1) is 19.1 Å². The molecule has 0 fully saturated rings. The van der Waals surface area contributed by atoms with Crippen molar-refractivity contribution in [3.63, 3.8) is 0 Å². The molecule has 0 saturated carbocycles. The van der Waals surface area contributed by atoms with Gasteiger partial charge in [0.25, 0.3) is 0 Å². The fraction of sp³-hybridized carbons (Fsp3) is 0.231. The molecule has 2 aromatic rings. The minimum Gasteiger partial charge on any atom is -0.493 e. The highest BCUT2D eigenvalue weighted by molar-refractivity contribution is 7.90. The van der Waals surface area contributed by atoms with Crippen molar-refractivity contribution >= 4 is 15.8 Å². The predicted molar refractivity (Wildman–Crippen MR) is 75.1 cm³/mol. The van der Waals surface area contributed by atoms with Crippen LogP contribution in [0.5, 0.6) is 11.5 Å². The standard InChI is InChI=1S/C13H13NO7S/c1-19-10-4-7(9-5-8(13(15)16)14-21-9)12(22(3,17)18)6-11(10)20-2/h4-6H,1-3H3,(H,15,16). The Labute approximate surface area is 126 Å². The third-order valence-electron chi connectivity index (χ3n) is 2.88. The number of carboxylic acids is 1. The number of ether oxygens (including phenoxy) is 2. The molecule has 0 amide bonds. The van der Waals surface area contributed by atoms with Crippen molar-refractivity contribution in [3.05, 3.63) is 23.9 Å². The van der Waals surface area contributed by atoms with Gasteiger partial charge in [-0.25, -0.2) is 13.2 Å². The third-order valence-corrected chi connectivity index (χ3v) is 4.02. The molecular formula is C13H13NO7S. The van der Waals surface area contributed by atoms with Crippen LogP contribution in [0.1, 0.15) is 10.5 Å². The first-order chi connectivity index (χ1) is 10.3. The highest BCUT2D eigenvalue weighted by atomic mass is 32.2. The maximum Gasteiger partial charge on any atom is 0.358 e. The van der Waals surface area contributed by atoms with Crippen molar-refractivity contribution in [1.29, 1.82) is 0 Å². The van der Waals surface area contributed by atoms with E-state index in [-0.39, 0.29) is 33.4 Å². The highest BCUT2D eigenvalue weighted by Crippen LogP contribution is 2.38. The number of carbonyl (C=O) groups is 1. The summed E-state index contributed by atoms with van der Waals surface area (Å²) in [6.45, 7) is 0. The van der Waals surface area contributed by atoms with Crippen LogP contribution in [-0.2, 0) is 9.84 Å². The molecule has 0 unspecified atom stereocenters. The van der Waals surface area contributed by atoms with Gasteiger partial charge in [-0.2, -0.15) is 0 Å². The second kappa shape index (κ2) is 5.68. The van der Waals surface area contributed by atoms with Gasteiger partial charge in [0.15, 0.2) is 32.8 Å². The number of sulfone groups is 1. The number of carboxylic acid groups (broad SMARTS) is 1. The fourth-order valence-corrected chi connectivity index (χ4v) is 2.74. The lowest BCUT2D eigenvalue weighted by atomic mass is 10.1. The van der Waals surface area contributed by atoms with E-state index < -0.39 is 15.8 Å². The summed E-state index contributed by atoms with van der Waals surface area (Å²) in [4.78, 5) is 10.8. The molecule has 0 aliphatic heterocycles. The van der Waals surface area contributed by atoms with Gasteiger partial charge in [0, 0.05) is 24.0 Å². The van der Waals surface area contributed by atoms with Crippen LogP contribution < -0.4 is 9.47 Å². The van der Waals surface area contributed by atoms with E-state index in [1.54, 1.807) is 0 Å². The Hall–Kier alpha value is -2.55. The van der Waals surface area contributed by atoms with E-state index in [2.05, 4.69) is 5.16 Å². The normalized spacial score (nSPS) is 11.2. The van der Waals surface area contributed by atoms with E-state index in [9.17, 15) is 13.2 Å². The lowest BCUT2D eigenvalue weighted by molar-refractivity contribution is 0.0686. The molecule has 0 spiro atoms. The van der Waals surface area contributed by atoms with E-state index in [4.69, 9.17) is 19.1 Å². The van der Waals surface area contributed by atoms with Crippen LogP contribution in [0.3, 0.4) is 0 Å². The zero-order valence-electron chi connectivity index (χ0n) is 12.0. The first-order valence-electron chi connectivity index (χ1n) is 5.94. The Morgan fingerprint density at radius 3 is 2.23 bits per heavy atom. The van der Waals surface area contributed by atoms with Gasteiger partial charge in [-0.1, -0.05) is 5.16 Å². The zero-order valence-corrected chi connectivity index (χ0v) is 12.8. The Kier molecular flexibility index (Phi) is 4.09. The van der Waals surface area contributed by atoms with Crippen LogP contribution in [-0.4, -0.2) is 45.1 Å². The Morgan fingerprint density at radius 2 is 1.77 bits per heavy atom. The maximum absolute atomic E-state index is 12.0. The minimum atomic E-state index is -3.62. The van der Waals surface area contributed by atoms with Crippen molar-refractivity contribution in [2.45, 2.75) is 4.90 Å². The lowest BCUT2D eigenvalue weighted by Crippen LogP contribution is -2.02. The van der Waals surface area contributed by atoms with Crippen molar-refractivity contribution in [2.24, 2.45) is 0 Å². The van der Waals surface area contributed by atoms with Crippen molar-refractivity contribution in [1.82, 2.24) is 5.16 Å². The molecule has 0 atom stereocenters. The highest BCUT2D eigenvalue weighted by Gasteiger charge is 2.23. The molecule has 0 radical (unpaired) electrons. The van der Waals surface area contributed by atoms with Crippen LogP contribution in [0.2, 0.25) is 0 Å². The lowest BCUT2D eigenvalue weighted by Gasteiger charge is -2.12.